The molecule has 3 nitrogen and oxygen atoms in total. The molecule has 0 N–H and O–H groups in total. The van der Waals surface area contributed by atoms with E-state index in [2.05, 4.69) is 31.9 Å². The van der Waals surface area contributed by atoms with Gasteiger partial charge in [-0.3, -0.25) is 4.79 Å². The first kappa shape index (κ1) is 16.0. The maximum Gasteiger partial charge on any atom is 0.200 e. The van der Waals surface area contributed by atoms with Crippen LogP contribution >= 0.6 is 31.9 Å². The fourth-order valence-corrected chi connectivity index (χ4v) is 2.59. The predicted molar refractivity (Wildman–Crippen MR) is 84.6 cm³/mol. The van der Waals surface area contributed by atoms with Gasteiger partial charge < -0.3 is 9.47 Å². The molecule has 0 bridgehead atoms. The highest BCUT2D eigenvalue weighted by Gasteiger charge is 2.12. The summed E-state index contributed by atoms with van der Waals surface area (Å²) in [5.41, 5.74) is 0.277. The van der Waals surface area contributed by atoms with Gasteiger partial charge in [0.15, 0.2) is 12.4 Å². The predicted octanol–water partition coefficient (Wildman–Crippen LogP) is 4.62. The van der Waals surface area contributed by atoms with Crippen LogP contribution in [0.4, 0.5) is 4.39 Å². The molecule has 2 rings (SSSR count). The van der Waals surface area contributed by atoms with E-state index in [9.17, 15) is 9.18 Å². The SMILES string of the molecule is COc1cc(Br)c(OCC(=O)c2cccc(F)c2)cc1Br. The van der Waals surface area contributed by atoms with Gasteiger partial charge in [0.05, 0.1) is 16.1 Å². The zero-order chi connectivity index (χ0) is 15.4. The van der Waals surface area contributed by atoms with Gasteiger partial charge in [-0.15, -0.1) is 0 Å². The molecule has 0 saturated carbocycles. The van der Waals surface area contributed by atoms with Gasteiger partial charge in [-0.2, -0.15) is 0 Å². The first-order valence-corrected chi connectivity index (χ1v) is 7.54. The summed E-state index contributed by atoms with van der Waals surface area (Å²) in [6, 6.07) is 8.93. The number of ether oxygens (including phenoxy) is 2. The number of benzene rings is 2. The highest BCUT2D eigenvalue weighted by atomic mass is 79.9. The van der Waals surface area contributed by atoms with Crippen molar-refractivity contribution in [3.63, 3.8) is 0 Å². The lowest BCUT2D eigenvalue weighted by atomic mass is 10.1. The van der Waals surface area contributed by atoms with Gasteiger partial charge in [0.25, 0.3) is 0 Å². The summed E-state index contributed by atoms with van der Waals surface area (Å²) in [4.78, 5) is 11.9. The second-order valence-corrected chi connectivity index (χ2v) is 5.85. The quantitative estimate of drug-likeness (QED) is 0.666. The number of hydrogen-bond acceptors (Lipinski definition) is 3. The summed E-state index contributed by atoms with van der Waals surface area (Å²) in [5, 5.41) is 0. The highest BCUT2D eigenvalue weighted by molar-refractivity contribution is 9.11. The first-order chi connectivity index (χ1) is 10.0. The van der Waals surface area contributed by atoms with Crippen LogP contribution in [-0.2, 0) is 0 Å². The van der Waals surface area contributed by atoms with Crippen molar-refractivity contribution in [2.24, 2.45) is 0 Å². The Labute approximate surface area is 138 Å². The lowest BCUT2D eigenvalue weighted by molar-refractivity contribution is 0.0920. The third kappa shape index (κ3) is 4.04. The van der Waals surface area contributed by atoms with Crippen LogP contribution in [0.25, 0.3) is 0 Å². The van der Waals surface area contributed by atoms with E-state index in [1.807, 2.05) is 0 Å². The van der Waals surface area contributed by atoms with Crippen molar-refractivity contribution in [1.82, 2.24) is 0 Å². The van der Waals surface area contributed by atoms with Gasteiger partial charge in [-0.05, 0) is 56.1 Å². The number of rotatable bonds is 5. The summed E-state index contributed by atoms with van der Waals surface area (Å²) in [7, 11) is 1.56. The average molecular weight is 418 g/mol. The summed E-state index contributed by atoms with van der Waals surface area (Å²) < 4.78 is 25.1. The monoisotopic (exact) mass is 416 g/mol. The molecule has 0 atom stereocenters. The van der Waals surface area contributed by atoms with Crippen LogP contribution < -0.4 is 9.47 Å². The molecule has 0 spiro atoms. The maximum absolute atomic E-state index is 13.1. The van der Waals surface area contributed by atoms with E-state index in [-0.39, 0.29) is 18.0 Å². The Morgan fingerprint density at radius 2 is 1.81 bits per heavy atom. The Balaban J connectivity index is 2.10. The van der Waals surface area contributed by atoms with E-state index in [0.29, 0.717) is 20.4 Å². The van der Waals surface area contributed by atoms with E-state index >= 15 is 0 Å². The molecule has 0 heterocycles. The lowest BCUT2D eigenvalue weighted by Gasteiger charge is -2.10. The Kier molecular flexibility index (Phi) is 5.36. The first-order valence-electron chi connectivity index (χ1n) is 5.96. The number of carbonyl (C=O) groups excluding carboxylic acids is 1. The molecule has 0 unspecified atom stereocenters. The second-order valence-electron chi connectivity index (χ2n) is 4.14. The zero-order valence-electron chi connectivity index (χ0n) is 11.0. The van der Waals surface area contributed by atoms with Crippen LogP contribution in [0.2, 0.25) is 0 Å². The van der Waals surface area contributed by atoms with Crippen LogP contribution in [0.3, 0.4) is 0 Å². The molecule has 0 saturated heterocycles. The van der Waals surface area contributed by atoms with Gasteiger partial charge in [0.1, 0.15) is 17.3 Å². The van der Waals surface area contributed by atoms with Gasteiger partial charge in [0, 0.05) is 5.56 Å². The smallest absolute Gasteiger partial charge is 0.200 e. The van der Waals surface area contributed by atoms with Crippen molar-refractivity contribution in [1.29, 1.82) is 0 Å². The number of carbonyl (C=O) groups is 1. The minimum Gasteiger partial charge on any atom is -0.496 e. The van der Waals surface area contributed by atoms with Crippen molar-refractivity contribution in [2.75, 3.05) is 13.7 Å². The third-order valence-electron chi connectivity index (χ3n) is 2.71. The summed E-state index contributed by atoms with van der Waals surface area (Å²) in [6.07, 6.45) is 0. The fraction of sp³-hybridized carbons (Fsp3) is 0.133. The zero-order valence-corrected chi connectivity index (χ0v) is 14.2. The highest BCUT2D eigenvalue weighted by Crippen LogP contribution is 2.36. The van der Waals surface area contributed by atoms with Crippen molar-refractivity contribution < 1.29 is 18.7 Å². The molecule has 0 aliphatic heterocycles. The average Bonchev–Trinajstić information content (AvgIpc) is 2.47. The molecule has 0 aliphatic rings. The summed E-state index contributed by atoms with van der Waals surface area (Å²) >= 11 is 6.69. The minimum atomic E-state index is -0.450. The number of ketones is 1. The standard InChI is InChI=1S/C15H11Br2FO3/c1-20-14-6-12(17)15(7-11(14)16)21-8-13(19)9-3-2-4-10(18)5-9/h2-7H,8H2,1H3. The van der Waals surface area contributed by atoms with Crippen molar-refractivity contribution in [3.8, 4) is 11.5 Å². The minimum absolute atomic E-state index is 0.180. The molecule has 0 radical (unpaired) electrons. The van der Waals surface area contributed by atoms with E-state index in [4.69, 9.17) is 9.47 Å². The van der Waals surface area contributed by atoms with Gasteiger partial charge in [-0.1, -0.05) is 12.1 Å². The molecule has 0 fully saturated rings. The molecule has 2 aromatic carbocycles. The molecule has 0 aromatic heterocycles. The molecule has 2 aromatic rings. The Morgan fingerprint density at radius 3 is 2.48 bits per heavy atom. The molecular weight excluding hydrogens is 407 g/mol. The van der Waals surface area contributed by atoms with Crippen LogP contribution in [0, 0.1) is 5.82 Å². The normalized spacial score (nSPS) is 10.3. The van der Waals surface area contributed by atoms with E-state index in [1.165, 1.54) is 18.2 Å². The number of hydrogen-bond donors (Lipinski definition) is 0. The third-order valence-corrected chi connectivity index (χ3v) is 3.95. The molecule has 21 heavy (non-hydrogen) atoms. The van der Waals surface area contributed by atoms with Crippen molar-refractivity contribution in [2.45, 2.75) is 0 Å². The van der Waals surface area contributed by atoms with E-state index in [1.54, 1.807) is 25.3 Å². The van der Waals surface area contributed by atoms with Crippen molar-refractivity contribution >= 4 is 37.6 Å². The van der Waals surface area contributed by atoms with Crippen LogP contribution in [0.15, 0.2) is 45.3 Å². The summed E-state index contributed by atoms with van der Waals surface area (Å²) in [6.45, 7) is -0.180. The maximum atomic E-state index is 13.1. The fourth-order valence-electron chi connectivity index (χ4n) is 1.67. The van der Waals surface area contributed by atoms with E-state index in [0.717, 1.165) is 0 Å². The molecule has 110 valence electrons. The Bertz CT molecular complexity index is 674. The lowest BCUT2D eigenvalue weighted by Crippen LogP contribution is -2.12. The molecular formula is C15H11Br2FO3. The van der Waals surface area contributed by atoms with Crippen LogP contribution in [-0.4, -0.2) is 19.5 Å². The Morgan fingerprint density at radius 1 is 1.14 bits per heavy atom. The van der Waals surface area contributed by atoms with Gasteiger partial charge in [-0.25, -0.2) is 4.39 Å². The Hall–Kier alpha value is -1.40. The van der Waals surface area contributed by atoms with Crippen LogP contribution in [0.5, 0.6) is 11.5 Å². The number of halogens is 3. The van der Waals surface area contributed by atoms with Gasteiger partial charge in [0.2, 0.25) is 0 Å². The molecule has 0 amide bonds. The largest absolute Gasteiger partial charge is 0.496 e. The summed E-state index contributed by atoms with van der Waals surface area (Å²) in [5.74, 6) is 0.390. The van der Waals surface area contributed by atoms with Gasteiger partial charge >= 0.3 is 0 Å². The molecule has 0 aliphatic carbocycles. The number of methoxy groups -OCH3 is 1. The second kappa shape index (κ2) is 7.04. The molecule has 6 heteroatoms. The van der Waals surface area contributed by atoms with Crippen molar-refractivity contribution in [3.05, 3.63) is 56.7 Å². The van der Waals surface area contributed by atoms with E-state index < -0.39 is 5.82 Å². The topological polar surface area (TPSA) is 35.5 Å². The van der Waals surface area contributed by atoms with Crippen LogP contribution in [0.1, 0.15) is 10.4 Å². The number of Topliss-reactive ketones (excluding diaryl/α,β-unsaturated/α-hetero) is 1.